The van der Waals surface area contributed by atoms with Crippen molar-refractivity contribution in [3.8, 4) is 0 Å². The molecule has 2 amide bonds. The molecular weight excluding hydrogens is 313 g/mol. The fraction of sp³-hybridized carbons (Fsp3) is 0.0714. The summed E-state index contributed by atoms with van der Waals surface area (Å²) in [4.78, 5) is 27.4. The van der Waals surface area contributed by atoms with E-state index in [1.54, 1.807) is 30.3 Å². The largest absolute Gasteiger partial charge is 0.318 e. The number of rotatable bonds is 2. The maximum atomic E-state index is 11.8. The van der Waals surface area contributed by atoms with E-state index in [1.165, 1.54) is 6.20 Å². The molecule has 0 fully saturated rings. The molecule has 0 aliphatic carbocycles. The van der Waals surface area contributed by atoms with Gasteiger partial charge in [-0.05, 0) is 36.8 Å². The van der Waals surface area contributed by atoms with Gasteiger partial charge in [-0.2, -0.15) is 0 Å². The van der Waals surface area contributed by atoms with Gasteiger partial charge in [0.25, 0.3) is 0 Å². The van der Waals surface area contributed by atoms with Crippen LogP contribution in [0.1, 0.15) is 5.56 Å². The SMILES string of the molecule is Cc1ccc(NC(=O)C(=O)Nc2cccnc2Cl)cc1Cl. The first-order valence-electron chi connectivity index (χ1n) is 5.96. The van der Waals surface area contributed by atoms with Crippen molar-refractivity contribution in [2.45, 2.75) is 6.92 Å². The standard InChI is InChI=1S/C14H11Cl2N3O2/c1-8-4-5-9(7-10(8)15)18-13(20)14(21)19-11-3-2-6-17-12(11)16/h2-7H,1H3,(H,18,20)(H,19,21). The first-order chi connectivity index (χ1) is 9.97. The zero-order valence-corrected chi connectivity index (χ0v) is 12.5. The number of hydrogen-bond donors (Lipinski definition) is 2. The number of aromatic nitrogens is 1. The molecule has 1 heterocycles. The number of halogens is 2. The van der Waals surface area contributed by atoms with Crippen LogP contribution in [0.5, 0.6) is 0 Å². The molecule has 0 unspecified atom stereocenters. The van der Waals surface area contributed by atoms with Gasteiger partial charge in [-0.25, -0.2) is 4.98 Å². The Morgan fingerprint density at radius 1 is 1.10 bits per heavy atom. The molecular formula is C14H11Cl2N3O2. The Hall–Kier alpha value is -2.11. The third kappa shape index (κ3) is 3.93. The predicted octanol–water partition coefficient (Wildman–Crippen LogP) is 3.27. The average Bonchev–Trinajstić information content (AvgIpc) is 2.45. The Morgan fingerprint density at radius 2 is 1.81 bits per heavy atom. The Balaban J connectivity index is 2.04. The van der Waals surface area contributed by atoms with Gasteiger partial charge in [0.05, 0.1) is 5.69 Å². The quantitative estimate of drug-likeness (QED) is 0.658. The lowest BCUT2D eigenvalue weighted by Crippen LogP contribution is -2.29. The van der Waals surface area contributed by atoms with Crippen molar-refractivity contribution in [3.63, 3.8) is 0 Å². The van der Waals surface area contributed by atoms with Crippen LogP contribution in [0.2, 0.25) is 10.2 Å². The van der Waals surface area contributed by atoms with E-state index in [4.69, 9.17) is 23.2 Å². The number of aryl methyl sites for hydroxylation is 1. The normalized spacial score (nSPS) is 10.0. The van der Waals surface area contributed by atoms with Crippen LogP contribution in [0.3, 0.4) is 0 Å². The van der Waals surface area contributed by atoms with E-state index in [2.05, 4.69) is 15.6 Å². The molecule has 7 heteroatoms. The van der Waals surface area contributed by atoms with E-state index in [9.17, 15) is 9.59 Å². The number of hydrogen-bond acceptors (Lipinski definition) is 3. The van der Waals surface area contributed by atoms with Crippen LogP contribution < -0.4 is 10.6 Å². The number of nitrogens with one attached hydrogen (secondary N) is 2. The highest BCUT2D eigenvalue weighted by Gasteiger charge is 2.15. The van der Waals surface area contributed by atoms with Gasteiger partial charge in [0, 0.05) is 16.9 Å². The van der Waals surface area contributed by atoms with E-state index in [0.717, 1.165) is 5.56 Å². The summed E-state index contributed by atoms with van der Waals surface area (Å²) >= 11 is 11.7. The zero-order valence-electron chi connectivity index (χ0n) is 11.0. The lowest BCUT2D eigenvalue weighted by molar-refractivity contribution is -0.132. The van der Waals surface area contributed by atoms with Gasteiger partial charge in [0.1, 0.15) is 0 Å². The molecule has 0 saturated heterocycles. The Bertz CT molecular complexity index is 704. The number of carbonyl (C=O) groups excluding carboxylic acids is 2. The number of anilines is 2. The molecule has 0 radical (unpaired) electrons. The Labute approximate surface area is 131 Å². The zero-order chi connectivity index (χ0) is 15.4. The lowest BCUT2D eigenvalue weighted by atomic mass is 10.2. The predicted molar refractivity (Wildman–Crippen MR) is 82.7 cm³/mol. The van der Waals surface area contributed by atoms with E-state index in [1.807, 2.05) is 6.92 Å². The number of nitrogens with zero attached hydrogens (tertiary/aromatic N) is 1. The minimum absolute atomic E-state index is 0.108. The van der Waals surface area contributed by atoms with Crippen molar-refractivity contribution in [3.05, 3.63) is 52.3 Å². The second-order valence-corrected chi connectivity index (χ2v) is 4.98. The molecule has 0 spiro atoms. The second kappa shape index (κ2) is 6.56. The summed E-state index contributed by atoms with van der Waals surface area (Å²) in [5, 5.41) is 5.44. The summed E-state index contributed by atoms with van der Waals surface area (Å²) in [5.41, 5.74) is 1.57. The smallest absolute Gasteiger partial charge is 0.314 e. The molecule has 0 saturated carbocycles. The number of carbonyl (C=O) groups is 2. The fourth-order valence-electron chi connectivity index (χ4n) is 1.52. The Morgan fingerprint density at radius 3 is 2.48 bits per heavy atom. The van der Waals surface area contributed by atoms with E-state index < -0.39 is 11.8 Å². The summed E-state index contributed by atoms with van der Waals surface area (Å²) in [6.07, 6.45) is 1.48. The van der Waals surface area contributed by atoms with Gasteiger partial charge in [-0.3, -0.25) is 9.59 Å². The van der Waals surface area contributed by atoms with Crippen molar-refractivity contribution in [2.75, 3.05) is 10.6 Å². The second-order valence-electron chi connectivity index (χ2n) is 4.21. The van der Waals surface area contributed by atoms with Crippen molar-refractivity contribution < 1.29 is 9.59 Å². The van der Waals surface area contributed by atoms with Crippen LogP contribution in [0.4, 0.5) is 11.4 Å². The summed E-state index contributed by atoms with van der Waals surface area (Å²) in [6, 6.07) is 8.11. The highest BCUT2D eigenvalue weighted by atomic mass is 35.5. The topological polar surface area (TPSA) is 71.1 Å². The number of pyridine rings is 1. The fourth-order valence-corrected chi connectivity index (χ4v) is 1.86. The van der Waals surface area contributed by atoms with Crippen LogP contribution in [-0.4, -0.2) is 16.8 Å². The molecule has 2 rings (SSSR count). The minimum Gasteiger partial charge on any atom is -0.318 e. The number of amides is 2. The maximum Gasteiger partial charge on any atom is 0.314 e. The average molecular weight is 324 g/mol. The van der Waals surface area contributed by atoms with E-state index in [0.29, 0.717) is 10.7 Å². The minimum atomic E-state index is -0.846. The first kappa shape index (κ1) is 15.3. The van der Waals surface area contributed by atoms with Gasteiger partial charge >= 0.3 is 11.8 Å². The van der Waals surface area contributed by atoms with Gasteiger partial charge in [-0.15, -0.1) is 0 Å². The van der Waals surface area contributed by atoms with Crippen molar-refractivity contribution in [1.82, 2.24) is 4.98 Å². The molecule has 1 aromatic heterocycles. The molecule has 2 N–H and O–H groups in total. The number of benzene rings is 1. The summed E-state index contributed by atoms with van der Waals surface area (Å²) < 4.78 is 0. The highest BCUT2D eigenvalue weighted by molar-refractivity contribution is 6.44. The van der Waals surface area contributed by atoms with E-state index in [-0.39, 0.29) is 10.8 Å². The van der Waals surface area contributed by atoms with Crippen molar-refractivity contribution >= 4 is 46.4 Å². The van der Waals surface area contributed by atoms with Gasteiger partial charge in [0.2, 0.25) is 0 Å². The summed E-state index contributed by atoms with van der Waals surface area (Å²) in [6.45, 7) is 1.84. The highest BCUT2D eigenvalue weighted by Crippen LogP contribution is 2.20. The van der Waals surface area contributed by atoms with Crippen LogP contribution >= 0.6 is 23.2 Å². The molecule has 108 valence electrons. The molecule has 21 heavy (non-hydrogen) atoms. The van der Waals surface area contributed by atoms with Crippen molar-refractivity contribution in [2.24, 2.45) is 0 Å². The first-order valence-corrected chi connectivity index (χ1v) is 6.72. The molecule has 2 aromatic rings. The van der Waals surface area contributed by atoms with Crippen LogP contribution in [0, 0.1) is 6.92 Å². The van der Waals surface area contributed by atoms with E-state index >= 15 is 0 Å². The summed E-state index contributed by atoms with van der Waals surface area (Å²) in [5.74, 6) is -1.67. The Kier molecular flexibility index (Phi) is 4.77. The molecule has 0 bridgehead atoms. The lowest BCUT2D eigenvalue weighted by Gasteiger charge is -2.08. The van der Waals surface area contributed by atoms with Crippen LogP contribution in [0.25, 0.3) is 0 Å². The van der Waals surface area contributed by atoms with Crippen LogP contribution in [0.15, 0.2) is 36.5 Å². The van der Waals surface area contributed by atoms with Gasteiger partial charge < -0.3 is 10.6 Å². The molecule has 5 nitrogen and oxygen atoms in total. The molecule has 0 atom stereocenters. The molecule has 0 aliphatic rings. The van der Waals surface area contributed by atoms with Gasteiger partial charge in [-0.1, -0.05) is 29.3 Å². The molecule has 0 aliphatic heterocycles. The van der Waals surface area contributed by atoms with Crippen molar-refractivity contribution in [1.29, 1.82) is 0 Å². The third-order valence-electron chi connectivity index (χ3n) is 2.64. The van der Waals surface area contributed by atoms with Gasteiger partial charge in [0.15, 0.2) is 5.15 Å². The summed E-state index contributed by atoms with van der Waals surface area (Å²) in [7, 11) is 0. The molecule has 1 aromatic carbocycles. The van der Waals surface area contributed by atoms with Crippen LogP contribution in [-0.2, 0) is 9.59 Å². The third-order valence-corrected chi connectivity index (χ3v) is 3.35. The monoisotopic (exact) mass is 323 g/mol. The maximum absolute atomic E-state index is 11.8.